The van der Waals surface area contributed by atoms with Gasteiger partial charge in [-0.25, -0.2) is 13.2 Å². The molecule has 0 fully saturated rings. The maximum atomic E-state index is 13.7. The summed E-state index contributed by atoms with van der Waals surface area (Å²) in [5.41, 5.74) is -1.23. The highest BCUT2D eigenvalue weighted by atomic mass is 19.1. The predicted octanol–water partition coefficient (Wildman–Crippen LogP) is 3.37. The largest absolute Gasteiger partial charge is 0.507 e. The molecule has 2 aromatic rings. The lowest BCUT2D eigenvalue weighted by Crippen LogP contribution is -2.16. The van der Waals surface area contributed by atoms with E-state index in [1.165, 1.54) is 19.1 Å². The molecular formula is C14H10F3NO2. The van der Waals surface area contributed by atoms with Crippen LogP contribution in [0.15, 0.2) is 30.3 Å². The summed E-state index contributed by atoms with van der Waals surface area (Å²) in [6.45, 7) is 1.39. The molecule has 2 aromatic carbocycles. The van der Waals surface area contributed by atoms with E-state index in [2.05, 4.69) is 0 Å². The zero-order valence-electron chi connectivity index (χ0n) is 10.4. The van der Waals surface area contributed by atoms with Crippen molar-refractivity contribution >= 4 is 11.6 Å². The molecule has 6 heteroatoms. The third-order valence-electron chi connectivity index (χ3n) is 2.74. The first-order chi connectivity index (χ1) is 9.41. The lowest BCUT2D eigenvalue weighted by Gasteiger charge is -2.10. The van der Waals surface area contributed by atoms with Gasteiger partial charge in [-0.1, -0.05) is 12.1 Å². The maximum absolute atomic E-state index is 13.7. The fourth-order valence-electron chi connectivity index (χ4n) is 1.68. The third-order valence-corrected chi connectivity index (χ3v) is 2.74. The van der Waals surface area contributed by atoms with E-state index >= 15 is 0 Å². The molecule has 0 unspecified atom stereocenters. The number of phenols is 1. The van der Waals surface area contributed by atoms with Gasteiger partial charge in [0, 0.05) is 0 Å². The summed E-state index contributed by atoms with van der Waals surface area (Å²) < 4.78 is 40.7. The summed E-state index contributed by atoms with van der Waals surface area (Å²) in [6, 6.07) is 5.45. The van der Waals surface area contributed by atoms with Gasteiger partial charge in [0.15, 0.2) is 5.82 Å². The van der Waals surface area contributed by atoms with Crippen molar-refractivity contribution in [3.63, 3.8) is 0 Å². The topological polar surface area (TPSA) is 49.3 Å². The molecule has 2 rings (SSSR count). The van der Waals surface area contributed by atoms with Gasteiger partial charge in [0.05, 0.1) is 0 Å². The Morgan fingerprint density at radius 1 is 1.10 bits per heavy atom. The van der Waals surface area contributed by atoms with E-state index in [9.17, 15) is 23.1 Å². The summed E-state index contributed by atoms with van der Waals surface area (Å²) in [5, 5.41) is 11.4. The van der Waals surface area contributed by atoms with Crippen molar-refractivity contribution in [2.24, 2.45) is 0 Å². The van der Waals surface area contributed by atoms with Crippen molar-refractivity contribution in [2.45, 2.75) is 6.92 Å². The Balaban J connectivity index is 2.41. The van der Waals surface area contributed by atoms with Gasteiger partial charge in [0.1, 0.15) is 28.6 Å². The summed E-state index contributed by atoms with van der Waals surface area (Å²) in [6.07, 6.45) is 0. The molecule has 20 heavy (non-hydrogen) atoms. The Kier molecular flexibility index (Phi) is 3.65. The number of benzene rings is 2. The second-order valence-electron chi connectivity index (χ2n) is 4.14. The molecule has 0 saturated carbocycles. The highest BCUT2D eigenvalue weighted by Gasteiger charge is 2.20. The van der Waals surface area contributed by atoms with Crippen molar-refractivity contribution in [3.8, 4) is 5.75 Å². The fourth-order valence-corrected chi connectivity index (χ4v) is 1.68. The number of aromatic hydroxyl groups is 1. The Bertz CT molecular complexity index is 666. The number of nitrogens with one attached hydrogen (secondary N) is 1. The molecule has 3 nitrogen and oxygen atoms in total. The summed E-state index contributed by atoms with van der Waals surface area (Å²) in [5.74, 6) is -4.68. The van der Waals surface area contributed by atoms with E-state index < -0.39 is 40.4 Å². The molecule has 1 amide bonds. The van der Waals surface area contributed by atoms with Crippen molar-refractivity contribution in [1.82, 2.24) is 0 Å². The molecule has 0 atom stereocenters. The molecule has 0 heterocycles. The highest BCUT2D eigenvalue weighted by molar-refractivity contribution is 6.06. The van der Waals surface area contributed by atoms with Crippen LogP contribution in [0.3, 0.4) is 0 Å². The quantitative estimate of drug-likeness (QED) is 0.886. The molecule has 104 valence electrons. The van der Waals surface area contributed by atoms with Gasteiger partial charge in [-0.05, 0) is 30.7 Å². The molecule has 0 aliphatic rings. The van der Waals surface area contributed by atoms with Crippen LogP contribution in [0.4, 0.5) is 18.9 Å². The van der Waals surface area contributed by atoms with Crippen LogP contribution in [0.5, 0.6) is 5.75 Å². The number of carbonyl (C=O) groups excluding carboxylic acids is 1. The Labute approximate surface area is 112 Å². The SMILES string of the molecule is Cc1ccc(F)c(NC(=O)c2c(O)cccc2F)c1F. The molecule has 0 spiro atoms. The zero-order valence-corrected chi connectivity index (χ0v) is 10.4. The van der Waals surface area contributed by atoms with Gasteiger partial charge in [-0.2, -0.15) is 0 Å². The maximum Gasteiger partial charge on any atom is 0.262 e. The summed E-state index contributed by atoms with van der Waals surface area (Å²) >= 11 is 0. The average Bonchev–Trinajstić information content (AvgIpc) is 2.39. The van der Waals surface area contributed by atoms with Crippen LogP contribution < -0.4 is 5.32 Å². The molecular weight excluding hydrogens is 271 g/mol. The molecule has 0 aromatic heterocycles. The second-order valence-corrected chi connectivity index (χ2v) is 4.14. The third kappa shape index (κ3) is 2.45. The first kappa shape index (κ1) is 13.9. The van der Waals surface area contributed by atoms with E-state index in [1.54, 1.807) is 0 Å². The van der Waals surface area contributed by atoms with Crippen LogP contribution in [-0.4, -0.2) is 11.0 Å². The van der Waals surface area contributed by atoms with E-state index in [1.807, 2.05) is 5.32 Å². The van der Waals surface area contributed by atoms with Gasteiger partial charge in [0.25, 0.3) is 5.91 Å². The standard InChI is InChI=1S/C14H10F3NO2/c1-7-5-6-9(16)13(12(7)17)18-14(20)11-8(15)3-2-4-10(11)19/h2-6,19H,1H3,(H,18,20). The van der Waals surface area contributed by atoms with Gasteiger partial charge < -0.3 is 10.4 Å². The van der Waals surface area contributed by atoms with Gasteiger partial charge in [0.2, 0.25) is 0 Å². The first-order valence-corrected chi connectivity index (χ1v) is 5.65. The van der Waals surface area contributed by atoms with Crippen LogP contribution in [0.1, 0.15) is 15.9 Å². The monoisotopic (exact) mass is 281 g/mol. The minimum atomic E-state index is -1.14. The van der Waals surface area contributed by atoms with Gasteiger partial charge >= 0.3 is 0 Å². The minimum Gasteiger partial charge on any atom is -0.507 e. The molecule has 0 saturated heterocycles. The van der Waals surface area contributed by atoms with Crippen LogP contribution in [-0.2, 0) is 0 Å². The van der Waals surface area contributed by atoms with Gasteiger partial charge in [-0.3, -0.25) is 4.79 Å². The van der Waals surface area contributed by atoms with E-state index in [4.69, 9.17) is 0 Å². The minimum absolute atomic E-state index is 0.124. The Morgan fingerprint density at radius 3 is 2.45 bits per heavy atom. The van der Waals surface area contributed by atoms with Crippen LogP contribution in [0.2, 0.25) is 0 Å². The van der Waals surface area contributed by atoms with Gasteiger partial charge in [-0.15, -0.1) is 0 Å². The number of phenolic OH excluding ortho intramolecular Hbond substituents is 1. The molecule has 2 N–H and O–H groups in total. The van der Waals surface area contributed by atoms with E-state index in [0.29, 0.717) is 0 Å². The molecule has 0 radical (unpaired) electrons. The number of anilines is 1. The van der Waals surface area contributed by atoms with Crippen molar-refractivity contribution in [2.75, 3.05) is 5.32 Å². The summed E-state index contributed by atoms with van der Waals surface area (Å²) in [7, 11) is 0. The Hall–Kier alpha value is -2.50. The average molecular weight is 281 g/mol. The predicted molar refractivity (Wildman–Crippen MR) is 67.1 cm³/mol. The molecule has 0 aliphatic carbocycles. The zero-order chi connectivity index (χ0) is 14.9. The number of carbonyl (C=O) groups is 1. The van der Waals surface area contributed by atoms with E-state index in [0.717, 1.165) is 18.2 Å². The fraction of sp³-hybridized carbons (Fsp3) is 0.0714. The van der Waals surface area contributed by atoms with Crippen LogP contribution in [0.25, 0.3) is 0 Å². The first-order valence-electron chi connectivity index (χ1n) is 5.65. The normalized spacial score (nSPS) is 10.4. The van der Waals surface area contributed by atoms with Crippen molar-refractivity contribution in [1.29, 1.82) is 0 Å². The smallest absolute Gasteiger partial charge is 0.262 e. The second kappa shape index (κ2) is 5.24. The summed E-state index contributed by atoms with van der Waals surface area (Å²) in [4.78, 5) is 11.8. The van der Waals surface area contributed by atoms with Crippen LogP contribution >= 0.6 is 0 Å². The number of aryl methyl sites for hydroxylation is 1. The number of amides is 1. The van der Waals surface area contributed by atoms with Crippen molar-refractivity contribution in [3.05, 3.63) is 58.9 Å². The number of hydrogen-bond acceptors (Lipinski definition) is 2. The highest BCUT2D eigenvalue weighted by Crippen LogP contribution is 2.25. The van der Waals surface area contributed by atoms with Crippen LogP contribution in [0, 0.1) is 24.4 Å². The molecule has 0 aliphatic heterocycles. The number of halogens is 3. The molecule has 0 bridgehead atoms. The lowest BCUT2D eigenvalue weighted by atomic mass is 10.1. The Morgan fingerprint density at radius 2 is 1.80 bits per heavy atom. The van der Waals surface area contributed by atoms with Crippen molar-refractivity contribution < 1.29 is 23.1 Å². The number of rotatable bonds is 2. The van der Waals surface area contributed by atoms with E-state index in [-0.39, 0.29) is 5.56 Å². The number of hydrogen-bond donors (Lipinski definition) is 2. The lowest BCUT2D eigenvalue weighted by molar-refractivity contribution is 0.101.